The maximum atomic E-state index is 14.3. The number of allylic oxidation sites excluding steroid dienone is 2. The molecule has 0 bridgehead atoms. The molecule has 18 atom stereocenters. The van der Waals surface area contributed by atoms with Crippen LogP contribution in [0.5, 0.6) is 0 Å². The molecule has 17 nitrogen and oxygen atoms in total. The third-order valence-electron chi connectivity index (χ3n) is 21.9. The van der Waals surface area contributed by atoms with Crippen LogP contribution in [-0.4, -0.2) is 132 Å². The summed E-state index contributed by atoms with van der Waals surface area (Å²) < 4.78 is 50.8. The summed E-state index contributed by atoms with van der Waals surface area (Å²) in [6.45, 7) is 12.5. The topological polar surface area (TPSA) is 240 Å². The molecule has 7 aliphatic rings. The minimum atomic E-state index is -1.85. The van der Waals surface area contributed by atoms with Gasteiger partial charge in [-0.15, -0.1) is 0 Å². The number of hydrogen-bond donors (Lipinski definition) is 4. The molecule has 17 heteroatoms. The van der Waals surface area contributed by atoms with Gasteiger partial charge in [0.15, 0.2) is 30.9 Å². The summed E-state index contributed by atoms with van der Waals surface area (Å²) in [5.41, 5.74) is -0.408. The molecule has 2 saturated heterocycles. The van der Waals surface area contributed by atoms with E-state index in [4.69, 9.17) is 37.9 Å². The maximum absolute atomic E-state index is 14.3. The predicted octanol–water partition coefficient (Wildman–Crippen LogP) is 9.95. The van der Waals surface area contributed by atoms with E-state index in [2.05, 4.69) is 40.7 Å². The third kappa shape index (κ3) is 11.0. The fourth-order valence-electron chi connectivity index (χ4n) is 16.9. The van der Waals surface area contributed by atoms with Gasteiger partial charge in [-0.2, -0.15) is 0 Å². The van der Waals surface area contributed by atoms with Gasteiger partial charge in [-0.3, -0.25) is 4.79 Å². The van der Waals surface area contributed by atoms with Crippen molar-refractivity contribution in [1.82, 2.24) is 0 Å². The van der Waals surface area contributed by atoms with E-state index in [0.717, 1.165) is 44.9 Å². The second-order valence-electron chi connectivity index (χ2n) is 27.1. The zero-order valence-corrected chi connectivity index (χ0v) is 49.9. The number of carbonyl (C=O) groups is 5. The summed E-state index contributed by atoms with van der Waals surface area (Å²) in [6, 6.07) is 32.0. The largest absolute Gasteiger partial charge is 0.481 e. The first-order valence-corrected chi connectivity index (χ1v) is 30.5. The van der Waals surface area contributed by atoms with Gasteiger partial charge >= 0.3 is 29.8 Å². The standard InChI is InChI=1S/C69H82O17/c1-64(2)33-35-69(63(77)78)36-34-67(5)45(46(69)37-64)27-28-50-65(3)31-30-51(66(4,40-70)49(65)29-32-68(50,67)6)82-61-52(72)53(47(71)38-80-61)86-62-56(85-60(76)44-25-17-10-18-26-44)55(84-59(75)43-23-15-9-16-24-43)54(83-58(74)42-21-13-8-14-22-42)48(81-62)39-79-57(73)41-19-11-7-12-20-41/h7-27,46-56,61-62,70-72H,28-40H2,1-6H3,(H,77,78)/t46-,47-,48+,49+,50+,51-,52+,53-,54+,55-,56-,61-,62+,65-,66-,67+,68+,69-/m0/s1. The number of aliphatic hydroxyl groups is 3. The molecule has 0 unspecified atom stereocenters. The van der Waals surface area contributed by atoms with E-state index < -0.39 is 115 Å². The van der Waals surface area contributed by atoms with E-state index in [9.17, 15) is 44.4 Å². The summed E-state index contributed by atoms with van der Waals surface area (Å²) in [4.78, 5) is 69.7. The lowest BCUT2D eigenvalue weighted by molar-refractivity contribution is -0.356. The van der Waals surface area contributed by atoms with Crippen molar-refractivity contribution in [3.63, 3.8) is 0 Å². The SMILES string of the molecule is CC1(C)CC[C@]2(C(=O)O)CC[C@]3(C)C(=CC[C@@H]4[C@@]5(C)CC[C@H](O[C@@H]6OC[C@H](O)[C@H](O[C@H]7O[C@H](COC(=O)c8ccccc8)[C@@H](OC(=O)c8ccccc8)[C@H](OC(=O)c8ccccc8)[C@@H]7OC(=O)c7ccccc7)[C@H]6O)[C@@](C)(CO)[C@@H]5CC[C@]43C)[C@@H]2C1. The Morgan fingerprint density at radius 1 is 0.581 bits per heavy atom. The first-order valence-electron chi connectivity index (χ1n) is 30.5. The number of aliphatic carboxylic acids is 1. The zero-order valence-electron chi connectivity index (χ0n) is 49.9. The van der Waals surface area contributed by atoms with Gasteiger partial charge in [-0.05, 0) is 152 Å². The Labute approximate surface area is 502 Å². The van der Waals surface area contributed by atoms with Crippen molar-refractivity contribution in [2.75, 3.05) is 19.8 Å². The number of esters is 4. The van der Waals surface area contributed by atoms with Gasteiger partial charge in [0.25, 0.3) is 0 Å². The first kappa shape index (κ1) is 61.3. The monoisotopic (exact) mass is 1180 g/mol. The Bertz CT molecular complexity index is 3140. The molecule has 2 heterocycles. The normalized spacial score (nSPS) is 38.0. The highest BCUT2D eigenvalue weighted by atomic mass is 16.8. The van der Waals surface area contributed by atoms with E-state index in [0.29, 0.717) is 19.3 Å². The van der Waals surface area contributed by atoms with Crippen molar-refractivity contribution in [2.45, 2.75) is 167 Å². The molecule has 2 aliphatic heterocycles. The Kier molecular flexibility index (Phi) is 17.1. The van der Waals surface area contributed by atoms with Crippen LogP contribution in [0, 0.1) is 50.2 Å². The molecule has 4 aromatic carbocycles. The van der Waals surface area contributed by atoms with Crippen molar-refractivity contribution in [3.8, 4) is 0 Å². The highest BCUT2D eigenvalue weighted by molar-refractivity contribution is 5.91. The number of rotatable bonds is 15. The highest BCUT2D eigenvalue weighted by Gasteiger charge is 2.70. The van der Waals surface area contributed by atoms with E-state index in [-0.39, 0.29) is 68.3 Å². The Balaban J connectivity index is 0.890. The average molecular weight is 1180 g/mol. The fourth-order valence-corrected chi connectivity index (χ4v) is 16.9. The maximum Gasteiger partial charge on any atom is 0.338 e. The molecule has 86 heavy (non-hydrogen) atoms. The first-order chi connectivity index (χ1) is 41.1. The van der Waals surface area contributed by atoms with E-state index in [1.54, 1.807) is 84.9 Å². The van der Waals surface area contributed by atoms with E-state index in [1.807, 2.05) is 6.92 Å². The lowest BCUT2D eigenvalue weighted by atomic mass is 9.33. The van der Waals surface area contributed by atoms with E-state index >= 15 is 0 Å². The number of fused-ring (bicyclic) bond motifs is 7. The van der Waals surface area contributed by atoms with Gasteiger partial charge in [0.1, 0.15) is 31.0 Å². The second-order valence-corrected chi connectivity index (χ2v) is 27.1. The van der Waals surface area contributed by atoms with Crippen LogP contribution in [0.1, 0.15) is 147 Å². The molecule has 0 spiro atoms. The summed E-state index contributed by atoms with van der Waals surface area (Å²) >= 11 is 0. The smallest absolute Gasteiger partial charge is 0.338 e. The van der Waals surface area contributed by atoms with Crippen molar-refractivity contribution in [2.24, 2.45) is 50.2 Å². The molecule has 4 saturated carbocycles. The second kappa shape index (κ2) is 24.0. The molecule has 460 valence electrons. The Hall–Kier alpha value is -6.31. The molecule has 4 aromatic rings. The van der Waals surface area contributed by atoms with Gasteiger partial charge in [0.05, 0.1) is 47.0 Å². The number of carboxylic acids is 1. The minimum absolute atomic E-state index is 0.0306. The molecule has 0 aromatic heterocycles. The van der Waals surface area contributed by atoms with Crippen LogP contribution in [0.3, 0.4) is 0 Å². The Morgan fingerprint density at radius 2 is 1.12 bits per heavy atom. The summed E-state index contributed by atoms with van der Waals surface area (Å²) in [6.07, 6.45) is -5.67. The molecule has 4 N–H and O–H groups in total. The number of hydrogen-bond acceptors (Lipinski definition) is 16. The van der Waals surface area contributed by atoms with Gasteiger partial charge in [0, 0.05) is 5.41 Å². The van der Waals surface area contributed by atoms with Crippen molar-refractivity contribution < 1.29 is 82.3 Å². The minimum Gasteiger partial charge on any atom is -0.481 e. The fraction of sp³-hybridized carbons (Fsp3) is 0.551. The van der Waals surface area contributed by atoms with Crippen LogP contribution in [-0.2, 0) is 42.7 Å². The summed E-state index contributed by atoms with van der Waals surface area (Å²) in [7, 11) is 0. The summed E-state index contributed by atoms with van der Waals surface area (Å²) in [5, 5.41) is 47.0. The predicted molar refractivity (Wildman–Crippen MR) is 312 cm³/mol. The highest BCUT2D eigenvalue weighted by Crippen LogP contribution is 2.76. The number of carboxylic acid groups (broad SMARTS) is 1. The number of ether oxygens (including phenoxy) is 8. The molecule has 5 aliphatic carbocycles. The average Bonchev–Trinajstić information content (AvgIpc) is 0.682. The van der Waals surface area contributed by atoms with Crippen LogP contribution < -0.4 is 0 Å². The van der Waals surface area contributed by atoms with Crippen LogP contribution in [0.2, 0.25) is 0 Å². The molecule has 11 rings (SSSR count). The van der Waals surface area contributed by atoms with Gasteiger partial charge < -0.3 is 58.3 Å². The molecule has 0 amide bonds. The number of aliphatic hydroxyl groups excluding tert-OH is 3. The van der Waals surface area contributed by atoms with Crippen molar-refractivity contribution in [1.29, 1.82) is 0 Å². The molecule has 6 fully saturated rings. The third-order valence-corrected chi connectivity index (χ3v) is 21.9. The summed E-state index contributed by atoms with van der Waals surface area (Å²) in [5.74, 6) is -4.02. The molecule has 0 radical (unpaired) electrons. The molecular weight excluding hydrogens is 1100 g/mol. The number of carbonyl (C=O) groups excluding carboxylic acids is 4. The lowest BCUT2D eigenvalue weighted by Gasteiger charge is -2.71. The van der Waals surface area contributed by atoms with Crippen LogP contribution in [0.4, 0.5) is 0 Å². The Morgan fingerprint density at radius 3 is 1.67 bits per heavy atom. The van der Waals surface area contributed by atoms with Crippen molar-refractivity contribution >= 4 is 29.8 Å². The number of benzene rings is 4. The zero-order chi connectivity index (χ0) is 61.0. The van der Waals surface area contributed by atoms with E-state index in [1.165, 1.54) is 42.0 Å². The molecular formula is C69H82O17. The van der Waals surface area contributed by atoms with Gasteiger partial charge in [-0.1, -0.05) is 126 Å². The lowest BCUT2D eigenvalue weighted by Crippen LogP contribution is -2.67. The van der Waals surface area contributed by atoms with Gasteiger partial charge in [0.2, 0.25) is 0 Å². The quantitative estimate of drug-likeness (QED) is 0.0375. The van der Waals surface area contributed by atoms with Crippen LogP contribution in [0.15, 0.2) is 133 Å². The van der Waals surface area contributed by atoms with Crippen LogP contribution in [0.25, 0.3) is 0 Å². The van der Waals surface area contributed by atoms with Gasteiger partial charge in [-0.25, -0.2) is 19.2 Å². The van der Waals surface area contributed by atoms with Crippen LogP contribution >= 0.6 is 0 Å². The van der Waals surface area contributed by atoms with Crippen molar-refractivity contribution in [3.05, 3.63) is 155 Å².